The molecule has 100 valence electrons. The third-order valence-electron chi connectivity index (χ3n) is 2.78. The number of ether oxygens (including phenoxy) is 1. The quantitative estimate of drug-likeness (QED) is 0.869. The van der Waals surface area contributed by atoms with Gasteiger partial charge < -0.3 is 15.4 Å². The lowest BCUT2D eigenvalue weighted by molar-refractivity contribution is -0.133. The van der Waals surface area contributed by atoms with E-state index in [-0.39, 0.29) is 18.6 Å². The second kappa shape index (κ2) is 6.09. The number of amides is 1. The number of nitrogens with zero attached hydrogens (tertiary/aromatic N) is 1. The number of carbonyl (C=O) groups is 1. The van der Waals surface area contributed by atoms with Gasteiger partial charge in [-0.05, 0) is 38.5 Å². The lowest BCUT2D eigenvalue weighted by Gasteiger charge is -2.22. The fraction of sp³-hybridized carbons (Fsp3) is 0.462. The van der Waals surface area contributed by atoms with Crippen molar-refractivity contribution < 1.29 is 9.53 Å². The molecule has 0 saturated carbocycles. The van der Waals surface area contributed by atoms with Gasteiger partial charge in [0.05, 0.1) is 5.69 Å². The predicted molar refractivity (Wildman–Crippen MR) is 76.7 cm³/mol. The van der Waals surface area contributed by atoms with Gasteiger partial charge in [-0.2, -0.15) is 0 Å². The summed E-state index contributed by atoms with van der Waals surface area (Å²) in [6.07, 6.45) is 0. The number of aryl methyl sites for hydroxylation is 1. The zero-order chi connectivity index (χ0) is 13.9. The molecule has 0 atom stereocenters. The highest BCUT2D eigenvalue weighted by atomic mass is 79.9. The van der Waals surface area contributed by atoms with Gasteiger partial charge in [-0.1, -0.05) is 15.9 Å². The van der Waals surface area contributed by atoms with Gasteiger partial charge in [0, 0.05) is 17.6 Å². The van der Waals surface area contributed by atoms with Crippen LogP contribution in [0, 0.1) is 6.92 Å². The van der Waals surface area contributed by atoms with E-state index < -0.39 is 0 Å². The monoisotopic (exact) mass is 314 g/mol. The Hall–Kier alpha value is -1.23. The van der Waals surface area contributed by atoms with Crippen LogP contribution in [0.2, 0.25) is 0 Å². The highest BCUT2D eigenvalue weighted by Crippen LogP contribution is 2.29. The van der Waals surface area contributed by atoms with Crippen LogP contribution in [0.15, 0.2) is 16.6 Å². The zero-order valence-corrected chi connectivity index (χ0v) is 12.7. The maximum atomic E-state index is 11.8. The lowest BCUT2D eigenvalue weighted by atomic mass is 10.2. The van der Waals surface area contributed by atoms with Crippen molar-refractivity contribution in [1.82, 2.24) is 4.90 Å². The number of rotatable bonds is 4. The van der Waals surface area contributed by atoms with Gasteiger partial charge in [0.1, 0.15) is 5.75 Å². The van der Waals surface area contributed by atoms with Crippen LogP contribution in [0.5, 0.6) is 5.75 Å². The lowest BCUT2D eigenvalue weighted by Crippen LogP contribution is -2.36. The molecule has 1 rings (SSSR count). The van der Waals surface area contributed by atoms with E-state index in [1.165, 1.54) is 0 Å². The van der Waals surface area contributed by atoms with Crippen LogP contribution < -0.4 is 10.5 Å². The molecular weight excluding hydrogens is 296 g/mol. The first-order valence-electron chi connectivity index (χ1n) is 5.77. The van der Waals surface area contributed by atoms with Crippen LogP contribution in [0.3, 0.4) is 0 Å². The van der Waals surface area contributed by atoms with E-state index in [0.717, 1.165) is 10.0 Å². The van der Waals surface area contributed by atoms with Crippen molar-refractivity contribution in [1.29, 1.82) is 0 Å². The van der Waals surface area contributed by atoms with Crippen molar-refractivity contribution in [3.05, 3.63) is 22.2 Å². The summed E-state index contributed by atoms with van der Waals surface area (Å²) in [5.74, 6) is 0.510. The molecule has 1 aromatic rings. The Morgan fingerprint density at radius 1 is 1.50 bits per heavy atom. The minimum absolute atomic E-state index is 0.00134. The van der Waals surface area contributed by atoms with E-state index in [1.807, 2.05) is 26.8 Å². The largest absolute Gasteiger partial charge is 0.481 e. The van der Waals surface area contributed by atoms with E-state index in [0.29, 0.717) is 11.4 Å². The van der Waals surface area contributed by atoms with Crippen LogP contribution >= 0.6 is 15.9 Å². The molecule has 4 nitrogen and oxygen atoms in total. The van der Waals surface area contributed by atoms with E-state index >= 15 is 0 Å². The summed E-state index contributed by atoms with van der Waals surface area (Å²) in [5.41, 5.74) is 7.30. The van der Waals surface area contributed by atoms with Crippen LogP contribution in [-0.2, 0) is 4.79 Å². The molecule has 2 N–H and O–H groups in total. The van der Waals surface area contributed by atoms with E-state index in [9.17, 15) is 4.79 Å². The molecule has 0 fully saturated rings. The summed E-state index contributed by atoms with van der Waals surface area (Å²) < 4.78 is 6.42. The molecule has 18 heavy (non-hydrogen) atoms. The van der Waals surface area contributed by atoms with Crippen LogP contribution in [0.1, 0.15) is 19.4 Å². The topological polar surface area (TPSA) is 55.6 Å². The number of carbonyl (C=O) groups excluding carboxylic acids is 1. The van der Waals surface area contributed by atoms with Crippen molar-refractivity contribution in [2.75, 3.05) is 19.4 Å². The number of likely N-dealkylation sites (N-methyl/N-ethyl adjacent to an activating group) is 1. The summed E-state index contributed by atoms with van der Waals surface area (Å²) in [5, 5.41) is 0. The first-order chi connectivity index (χ1) is 8.32. The molecule has 0 aliphatic rings. The molecule has 1 amide bonds. The number of benzene rings is 1. The summed E-state index contributed by atoms with van der Waals surface area (Å²) >= 11 is 3.36. The van der Waals surface area contributed by atoms with Crippen LogP contribution in [0.4, 0.5) is 5.69 Å². The normalized spacial score (nSPS) is 10.6. The van der Waals surface area contributed by atoms with E-state index in [1.54, 1.807) is 18.0 Å². The van der Waals surface area contributed by atoms with Crippen molar-refractivity contribution in [2.24, 2.45) is 0 Å². The number of hydrogen-bond acceptors (Lipinski definition) is 3. The highest BCUT2D eigenvalue weighted by molar-refractivity contribution is 9.10. The molecule has 0 aliphatic heterocycles. The third kappa shape index (κ3) is 3.63. The van der Waals surface area contributed by atoms with Crippen molar-refractivity contribution in [2.45, 2.75) is 26.8 Å². The maximum absolute atomic E-state index is 11.8. The summed E-state index contributed by atoms with van der Waals surface area (Å²) in [6.45, 7) is 5.81. The molecule has 0 heterocycles. The molecule has 0 saturated heterocycles. The minimum atomic E-state index is -0.0632. The second-order valence-electron chi connectivity index (χ2n) is 4.53. The third-order valence-corrected chi connectivity index (χ3v) is 3.23. The van der Waals surface area contributed by atoms with Gasteiger partial charge in [-0.15, -0.1) is 0 Å². The molecule has 0 unspecified atom stereocenters. The van der Waals surface area contributed by atoms with Crippen molar-refractivity contribution >= 4 is 27.5 Å². The Kier molecular flexibility index (Phi) is 5.02. The number of hydrogen-bond donors (Lipinski definition) is 1. The number of halogens is 1. The molecular formula is C13H19BrN2O2. The molecule has 0 aromatic heterocycles. The Labute approximate surface area is 116 Å². The van der Waals surface area contributed by atoms with Gasteiger partial charge in [0.25, 0.3) is 5.91 Å². The Morgan fingerprint density at radius 2 is 2.11 bits per heavy atom. The number of anilines is 1. The Balaban J connectivity index is 2.73. The number of nitrogen functional groups attached to an aromatic ring is 1. The first-order valence-corrected chi connectivity index (χ1v) is 6.56. The smallest absolute Gasteiger partial charge is 0.260 e. The molecule has 0 aliphatic carbocycles. The Bertz CT molecular complexity index is 424. The van der Waals surface area contributed by atoms with E-state index in [2.05, 4.69) is 15.9 Å². The second-order valence-corrected chi connectivity index (χ2v) is 5.44. The van der Waals surface area contributed by atoms with Crippen LogP contribution in [-0.4, -0.2) is 30.5 Å². The number of nitrogens with two attached hydrogens (primary N) is 1. The SMILES string of the molecule is Cc1cc(Br)cc(N)c1OCC(=O)N(C)C(C)C. The van der Waals surface area contributed by atoms with Gasteiger partial charge in [0.15, 0.2) is 6.61 Å². The van der Waals surface area contributed by atoms with Crippen molar-refractivity contribution in [3.63, 3.8) is 0 Å². The summed E-state index contributed by atoms with van der Waals surface area (Å²) in [7, 11) is 1.76. The molecule has 5 heteroatoms. The average Bonchev–Trinajstić information content (AvgIpc) is 2.25. The molecule has 0 spiro atoms. The predicted octanol–water partition coefficient (Wildman–Crippen LogP) is 2.59. The van der Waals surface area contributed by atoms with E-state index in [4.69, 9.17) is 10.5 Å². The van der Waals surface area contributed by atoms with Crippen molar-refractivity contribution in [3.8, 4) is 5.75 Å². The molecule has 0 radical (unpaired) electrons. The van der Waals surface area contributed by atoms with Gasteiger partial charge in [-0.3, -0.25) is 4.79 Å². The highest BCUT2D eigenvalue weighted by Gasteiger charge is 2.14. The molecule has 1 aromatic carbocycles. The summed E-state index contributed by atoms with van der Waals surface area (Å²) in [6, 6.07) is 3.82. The molecule has 0 bridgehead atoms. The summed E-state index contributed by atoms with van der Waals surface area (Å²) in [4.78, 5) is 13.4. The zero-order valence-electron chi connectivity index (χ0n) is 11.2. The fourth-order valence-electron chi connectivity index (χ4n) is 1.48. The van der Waals surface area contributed by atoms with Crippen LogP contribution in [0.25, 0.3) is 0 Å². The van der Waals surface area contributed by atoms with Gasteiger partial charge >= 0.3 is 0 Å². The first kappa shape index (κ1) is 14.8. The maximum Gasteiger partial charge on any atom is 0.260 e. The Morgan fingerprint density at radius 3 is 2.61 bits per heavy atom. The minimum Gasteiger partial charge on any atom is -0.481 e. The van der Waals surface area contributed by atoms with Gasteiger partial charge in [0.2, 0.25) is 0 Å². The van der Waals surface area contributed by atoms with Gasteiger partial charge in [-0.25, -0.2) is 0 Å². The average molecular weight is 315 g/mol. The standard InChI is InChI=1S/C13H19BrN2O2/c1-8(2)16(4)12(17)7-18-13-9(3)5-10(14)6-11(13)15/h5-6,8H,7,15H2,1-4H3. The fourth-order valence-corrected chi connectivity index (χ4v) is 2.07.